The Kier molecular flexibility index (Phi) is 8.09. The van der Waals surface area contributed by atoms with Gasteiger partial charge in [-0.2, -0.15) is 0 Å². The van der Waals surface area contributed by atoms with Gasteiger partial charge in [0.1, 0.15) is 0 Å². The number of carbonyl (C=O) groups is 1. The first-order valence-electron chi connectivity index (χ1n) is 8.96. The van der Waals surface area contributed by atoms with Crippen LogP contribution in [0, 0.1) is 0 Å². The first kappa shape index (κ1) is 22.3. The fourth-order valence-electron chi connectivity index (χ4n) is 2.98. The van der Waals surface area contributed by atoms with Crippen LogP contribution in [-0.2, 0) is 4.79 Å². The number of benzene rings is 1. The molecule has 1 amide bonds. The Hall–Kier alpha value is -3.00. The van der Waals surface area contributed by atoms with Gasteiger partial charge in [0, 0.05) is 38.3 Å². The minimum absolute atomic E-state index is 0. The predicted octanol–water partition coefficient (Wildman–Crippen LogP) is 2.29. The molecule has 2 heterocycles. The highest BCUT2D eigenvalue weighted by Gasteiger charge is 2.20. The summed E-state index contributed by atoms with van der Waals surface area (Å²) in [7, 11) is 4.74. The van der Waals surface area contributed by atoms with Crippen LogP contribution in [0.3, 0.4) is 0 Å². The number of hydrogen-bond acceptors (Lipinski definition) is 7. The molecule has 0 atom stereocenters. The number of aromatic nitrogens is 2. The molecule has 29 heavy (non-hydrogen) atoms. The zero-order valence-electron chi connectivity index (χ0n) is 16.7. The number of piperazine rings is 1. The SMILES string of the molecule is COc1ccc(N2CCN(C(=O)/C=C/c3ccc(OC)c(OC)c3)CC2)nn1.Cl. The van der Waals surface area contributed by atoms with E-state index in [1.54, 1.807) is 39.5 Å². The van der Waals surface area contributed by atoms with Gasteiger partial charge < -0.3 is 24.0 Å². The lowest BCUT2D eigenvalue weighted by molar-refractivity contribution is -0.126. The topological polar surface area (TPSA) is 77.0 Å². The molecular weight excluding hydrogens is 396 g/mol. The minimum Gasteiger partial charge on any atom is -0.493 e. The fraction of sp³-hybridized carbons (Fsp3) is 0.350. The van der Waals surface area contributed by atoms with Gasteiger partial charge in [0.15, 0.2) is 17.3 Å². The third kappa shape index (κ3) is 5.51. The molecule has 0 unspecified atom stereocenters. The fourth-order valence-corrected chi connectivity index (χ4v) is 2.98. The first-order chi connectivity index (χ1) is 13.6. The molecule has 1 saturated heterocycles. The Morgan fingerprint density at radius 1 is 0.931 bits per heavy atom. The molecule has 1 aliphatic heterocycles. The molecule has 1 aromatic carbocycles. The summed E-state index contributed by atoms with van der Waals surface area (Å²) in [5, 5.41) is 8.15. The monoisotopic (exact) mass is 420 g/mol. The van der Waals surface area contributed by atoms with E-state index in [1.807, 2.05) is 29.2 Å². The van der Waals surface area contributed by atoms with E-state index < -0.39 is 0 Å². The van der Waals surface area contributed by atoms with Crippen LogP contribution >= 0.6 is 12.4 Å². The highest BCUT2D eigenvalue weighted by Crippen LogP contribution is 2.28. The molecule has 0 aliphatic carbocycles. The van der Waals surface area contributed by atoms with Gasteiger partial charge in [-0.3, -0.25) is 4.79 Å². The number of nitrogens with zero attached hydrogens (tertiary/aromatic N) is 4. The zero-order valence-corrected chi connectivity index (χ0v) is 17.5. The second kappa shape index (κ2) is 10.5. The van der Waals surface area contributed by atoms with E-state index in [0.29, 0.717) is 43.6 Å². The van der Waals surface area contributed by atoms with Crippen LogP contribution in [-0.4, -0.2) is 68.5 Å². The Balaban J connectivity index is 0.00000300. The summed E-state index contributed by atoms with van der Waals surface area (Å²) in [6, 6.07) is 9.19. The molecule has 0 saturated carbocycles. The first-order valence-corrected chi connectivity index (χ1v) is 8.96. The van der Waals surface area contributed by atoms with Crippen molar-refractivity contribution in [3.8, 4) is 17.4 Å². The van der Waals surface area contributed by atoms with Gasteiger partial charge in [0.25, 0.3) is 0 Å². The summed E-state index contributed by atoms with van der Waals surface area (Å²) in [6.45, 7) is 2.67. The summed E-state index contributed by atoms with van der Waals surface area (Å²) < 4.78 is 15.5. The summed E-state index contributed by atoms with van der Waals surface area (Å²) in [5.74, 6) is 2.54. The van der Waals surface area contributed by atoms with Crippen LogP contribution < -0.4 is 19.1 Å². The van der Waals surface area contributed by atoms with E-state index in [0.717, 1.165) is 11.4 Å². The van der Waals surface area contributed by atoms with Gasteiger partial charge in [-0.25, -0.2) is 0 Å². The molecule has 3 rings (SSSR count). The minimum atomic E-state index is -0.0183. The third-order valence-corrected chi connectivity index (χ3v) is 4.58. The third-order valence-electron chi connectivity index (χ3n) is 4.58. The lowest BCUT2D eigenvalue weighted by Gasteiger charge is -2.34. The summed E-state index contributed by atoms with van der Waals surface area (Å²) in [6.07, 6.45) is 3.37. The van der Waals surface area contributed by atoms with E-state index >= 15 is 0 Å². The number of carbonyl (C=O) groups excluding carboxylic acids is 1. The van der Waals surface area contributed by atoms with Gasteiger partial charge >= 0.3 is 0 Å². The maximum absolute atomic E-state index is 12.5. The smallest absolute Gasteiger partial charge is 0.246 e. The Bertz CT molecular complexity index is 837. The van der Waals surface area contributed by atoms with Crippen molar-refractivity contribution in [2.75, 3.05) is 52.4 Å². The Morgan fingerprint density at radius 2 is 1.66 bits per heavy atom. The Labute approximate surface area is 176 Å². The van der Waals surface area contributed by atoms with Crippen LogP contribution in [0.4, 0.5) is 5.82 Å². The summed E-state index contributed by atoms with van der Waals surface area (Å²) >= 11 is 0. The van der Waals surface area contributed by atoms with E-state index in [9.17, 15) is 4.79 Å². The molecule has 8 nitrogen and oxygen atoms in total. The predicted molar refractivity (Wildman–Crippen MR) is 113 cm³/mol. The maximum atomic E-state index is 12.5. The van der Waals surface area contributed by atoms with Crippen molar-refractivity contribution in [3.63, 3.8) is 0 Å². The lowest BCUT2D eigenvalue weighted by Crippen LogP contribution is -2.48. The second-order valence-corrected chi connectivity index (χ2v) is 6.19. The largest absolute Gasteiger partial charge is 0.493 e. The summed E-state index contributed by atoms with van der Waals surface area (Å²) in [5.41, 5.74) is 0.873. The van der Waals surface area contributed by atoms with Crippen molar-refractivity contribution >= 4 is 30.2 Å². The maximum Gasteiger partial charge on any atom is 0.246 e. The standard InChI is InChI=1S/C20H24N4O4.ClH/c1-26-16-6-4-15(14-17(16)27-2)5-9-20(25)24-12-10-23(11-13-24)18-7-8-19(28-3)22-21-18;/h4-9,14H,10-13H2,1-3H3;1H/b9-5+;. The molecule has 1 aliphatic rings. The van der Waals surface area contributed by atoms with Crippen LogP contribution in [0.5, 0.6) is 17.4 Å². The van der Waals surface area contributed by atoms with Gasteiger partial charge in [0.05, 0.1) is 21.3 Å². The molecule has 9 heteroatoms. The highest BCUT2D eigenvalue weighted by atomic mass is 35.5. The normalized spacial score (nSPS) is 13.8. The Morgan fingerprint density at radius 3 is 2.24 bits per heavy atom. The van der Waals surface area contributed by atoms with Gasteiger partial charge in [0.2, 0.25) is 11.8 Å². The number of halogens is 1. The number of ether oxygens (including phenoxy) is 3. The van der Waals surface area contributed by atoms with Crippen molar-refractivity contribution in [1.29, 1.82) is 0 Å². The van der Waals surface area contributed by atoms with Gasteiger partial charge in [-0.05, 0) is 29.8 Å². The zero-order chi connectivity index (χ0) is 19.9. The molecule has 0 spiro atoms. The average Bonchev–Trinajstić information content (AvgIpc) is 2.77. The van der Waals surface area contributed by atoms with Crippen LogP contribution in [0.25, 0.3) is 6.08 Å². The molecule has 0 N–H and O–H groups in total. The summed E-state index contributed by atoms with van der Waals surface area (Å²) in [4.78, 5) is 16.4. The molecule has 0 radical (unpaired) electrons. The number of anilines is 1. The van der Waals surface area contributed by atoms with Crippen molar-refractivity contribution < 1.29 is 19.0 Å². The van der Waals surface area contributed by atoms with Gasteiger partial charge in [-0.1, -0.05) is 6.07 Å². The second-order valence-electron chi connectivity index (χ2n) is 6.19. The number of amides is 1. The van der Waals surface area contributed by atoms with Crippen molar-refractivity contribution in [1.82, 2.24) is 15.1 Å². The molecule has 156 valence electrons. The van der Waals surface area contributed by atoms with E-state index in [1.165, 1.54) is 0 Å². The quantitative estimate of drug-likeness (QED) is 0.663. The van der Waals surface area contributed by atoms with Crippen LogP contribution in [0.1, 0.15) is 5.56 Å². The van der Waals surface area contributed by atoms with Crippen molar-refractivity contribution in [2.45, 2.75) is 0 Å². The lowest BCUT2D eigenvalue weighted by atomic mass is 10.2. The van der Waals surface area contributed by atoms with E-state index in [2.05, 4.69) is 15.1 Å². The molecule has 1 aromatic heterocycles. The number of rotatable bonds is 6. The van der Waals surface area contributed by atoms with Crippen molar-refractivity contribution in [3.05, 3.63) is 42.0 Å². The van der Waals surface area contributed by atoms with Gasteiger partial charge in [-0.15, -0.1) is 22.6 Å². The molecule has 2 aromatic rings. The van der Waals surface area contributed by atoms with Crippen molar-refractivity contribution in [2.24, 2.45) is 0 Å². The molecule has 1 fully saturated rings. The van der Waals surface area contributed by atoms with E-state index in [4.69, 9.17) is 14.2 Å². The van der Waals surface area contributed by atoms with Crippen LogP contribution in [0.2, 0.25) is 0 Å². The number of hydrogen-bond donors (Lipinski definition) is 0. The average molecular weight is 421 g/mol. The molecule has 0 bridgehead atoms. The number of methoxy groups -OCH3 is 3. The molecular formula is C20H25ClN4O4. The highest BCUT2D eigenvalue weighted by molar-refractivity contribution is 5.92. The van der Waals surface area contributed by atoms with Crippen LogP contribution in [0.15, 0.2) is 36.4 Å². The van der Waals surface area contributed by atoms with E-state index in [-0.39, 0.29) is 18.3 Å².